The van der Waals surface area contributed by atoms with Gasteiger partial charge in [0.15, 0.2) is 11.5 Å². The molecule has 0 atom stereocenters. The van der Waals surface area contributed by atoms with E-state index in [4.69, 9.17) is 14.6 Å². The molecule has 1 aromatic carbocycles. The van der Waals surface area contributed by atoms with E-state index in [1.807, 2.05) is 0 Å². The van der Waals surface area contributed by atoms with Gasteiger partial charge in [-0.1, -0.05) is 13.5 Å². The van der Waals surface area contributed by atoms with Crippen LogP contribution >= 0.6 is 0 Å². The number of ether oxygens (including phenoxy) is 2. The Morgan fingerprint density at radius 1 is 1.15 bits per heavy atom. The van der Waals surface area contributed by atoms with Crippen molar-refractivity contribution in [2.75, 3.05) is 14.2 Å². The Morgan fingerprint density at radius 2 is 1.77 bits per heavy atom. The van der Waals surface area contributed by atoms with Gasteiger partial charge in [0.1, 0.15) is 0 Å². The molecule has 0 fully saturated rings. The summed E-state index contributed by atoms with van der Waals surface area (Å²) in [7, 11) is 3.15. The highest BCUT2D eigenvalue weighted by Crippen LogP contribution is 2.27. The van der Waals surface area contributed by atoms with Crippen molar-refractivity contribution in [3.63, 3.8) is 0 Å². The highest BCUT2D eigenvalue weighted by molar-refractivity contribution is 5.42. The molecule has 3 heteroatoms. The molecule has 0 bridgehead atoms. The highest BCUT2D eigenvalue weighted by atomic mass is 16.5. The Kier molecular flexibility index (Phi) is 4.92. The molecule has 0 heterocycles. The second kappa shape index (κ2) is 5.43. The fourth-order valence-electron chi connectivity index (χ4n) is 0.979. The zero-order valence-electron chi connectivity index (χ0n) is 7.20. The molecule has 0 aliphatic carbocycles. The molecule has 0 aliphatic heterocycles. The third-order valence-corrected chi connectivity index (χ3v) is 1.63. The van der Waals surface area contributed by atoms with Crippen LogP contribution in [-0.4, -0.2) is 19.3 Å². The summed E-state index contributed by atoms with van der Waals surface area (Å²) in [6.45, 7) is 0.0142. The Labute approximate surface area is 78.9 Å². The summed E-state index contributed by atoms with van der Waals surface area (Å²) >= 11 is 0. The van der Waals surface area contributed by atoms with Gasteiger partial charge in [-0.3, -0.25) is 0 Å². The van der Waals surface area contributed by atoms with E-state index in [9.17, 15) is 0 Å². The van der Waals surface area contributed by atoms with Gasteiger partial charge < -0.3 is 14.6 Å². The van der Waals surface area contributed by atoms with Crippen LogP contribution in [0, 0.1) is 0 Å². The summed E-state index contributed by atoms with van der Waals surface area (Å²) in [4.78, 5) is 0. The van der Waals surface area contributed by atoms with E-state index in [1.165, 1.54) is 0 Å². The summed E-state index contributed by atoms with van der Waals surface area (Å²) in [5, 5.41) is 8.82. The Hall–Kier alpha value is -1.22. The molecule has 0 aromatic heterocycles. The lowest BCUT2D eigenvalue weighted by Crippen LogP contribution is -1.92. The second-order valence-electron chi connectivity index (χ2n) is 2.35. The monoisotopic (exact) mass is 184 g/mol. The normalized spacial score (nSPS) is 8.85. The molecule has 3 nitrogen and oxygen atoms in total. The minimum absolute atomic E-state index is 0. The molecule has 1 rings (SSSR count). The van der Waals surface area contributed by atoms with Crippen molar-refractivity contribution in [2.45, 2.75) is 14.0 Å². The highest BCUT2D eigenvalue weighted by Gasteiger charge is 2.02. The Morgan fingerprint density at radius 3 is 2.23 bits per heavy atom. The fourth-order valence-corrected chi connectivity index (χ4v) is 0.979. The number of aliphatic hydroxyl groups is 1. The van der Waals surface area contributed by atoms with E-state index in [0.717, 1.165) is 5.56 Å². The molecule has 0 amide bonds. The number of benzene rings is 1. The predicted octanol–water partition coefficient (Wildman–Crippen LogP) is 1.83. The topological polar surface area (TPSA) is 38.7 Å². The minimum atomic E-state index is 0. The van der Waals surface area contributed by atoms with Crippen LogP contribution in [0.15, 0.2) is 18.2 Å². The van der Waals surface area contributed by atoms with E-state index in [2.05, 4.69) is 0 Å². The van der Waals surface area contributed by atoms with Gasteiger partial charge in [0.05, 0.1) is 20.8 Å². The lowest BCUT2D eigenvalue weighted by atomic mass is 10.2. The van der Waals surface area contributed by atoms with Crippen LogP contribution in [0.3, 0.4) is 0 Å². The van der Waals surface area contributed by atoms with Gasteiger partial charge in [-0.25, -0.2) is 0 Å². The first-order valence-corrected chi connectivity index (χ1v) is 3.63. The van der Waals surface area contributed by atoms with Gasteiger partial charge in [0, 0.05) is 0 Å². The molecule has 13 heavy (non-hydrogen) atoms. The van der Waals surface area contributed by atoms with Crippen LogP contribution in [-0.2, 0) is 6.61 Å². The average molecular weight is 184 g/mol. The standard InChI is InChI=1S/C9H12O3.CH4/c1-11-8-4-3-7(6-10)5-9(8)12-2;/h3-5,10H,6H2,1-2H3;1H4. The number of rotatable bonds is 3. The summed E-state index contributed by atoms with van der Waals surface area (Å²) in [5.41, 5.74) is 0.813. The first kappa shape index (κ1) is 11.8. The molecule has 1 aromatic rings. The molecule has 0 radical (unpaired) electrons. The van der Waals surface area contributed by atoms with Gasteiger partial charge in [0.25, 0.3) is 0 Å². The largest absolute Gasteiger partial charge is 0.493 e. The Bertz CT molecular complexity index is 258. The summed E-state index contributed by atoms with van der Waals surface area (Å²) in [6.07, 6.45) is 0. The first-order valence-electron chi connectivity index (χ1n) is 3.63. The molecule has 0 saturated heterocycles. The zero-order chi connectivity index (χ0) is 8.97. The van der Waals surface area contributed by atoms with Crippen molar-refractivity contribution in [1.82, 2.24) is 0 Å². The van der Waals surface area contributed by atoms with Gasteiger partial charge in [-0.2, -0.15) is 0 Å². The molecule has 74 valence electrons. The molecule has 0 unspecified atom stereocenters. The van der Waals surface area contributed by atoms with E-state index >= 15 is 0 Å². The van der Waals surface area contributed by atoms with Crippen LogP contribution < -0.4 is 9.47 Å². The van der Waals surface area contributed by atoms with Gasteiger partial charge in [-0.15, -0.1) is 0 Å². The third-order valence-electron chi connectivity index (χ3n) is 1.63. The van der Waals surface area contributed by atoms with Crippen molar-refractivity contribution in [3.05, 3.63) is 23.8 Å². The van der Waals surface area contributed by atoms with E-state index < -0.39 is 0 Å². The first-order chi connectivity index (χ1) is 5.81. The molecule has 0 saturated carbocycles. The van der Waals surface area contributed by atoms with Crippen molar-refractivity contribution in [1.29, 1.82) is 0 Å². The van der Waals surface area contributed by atoms with Crippen molar-refractivity contribution >= 4 is 0 Å². The maximum Gasteiger partial charge on any atom is 0.161 e. The quantitative estimate of drug-likeness (QED) is 0.778. The van der Waals surface area contributed by atoms with Gasteiger partial charge >= 0.3 is 0 Å². The van der Waals surface area contributed by atoms with Crippen LogP contribution in [0.25, 0.3) is 0 Å². The lowest BCUT2D eigenvalue weighted by Gasteiger charge is -2.07. The third kappa shape index (κ3) is 2.63. The van der Waals surface area contributed by atoms with E-state index in [1.54, 1.807) is 32.4 Å². The number of hydrogen-bond donors (Lipinski definition) is 1. The van der Waals surface area contributed by atoms with Crippen LogP contribution in [0.4, 0.5) is 0 Å². The van der Waals surface area contributed by atoms with Crippen molar-refractivity contribution in [3.8, 4) is 11.5 Å². The summed E-state index contributed by atoms with van der Waals surface area (Å²) in [5.74, 6) is 1.32. The Balaban J connectivity index is 0.00000144. The molecule has 1 N–H and O–H groups in total. The van der Waals surface area contributed by atoms with Crippen LogP contribution in [0.2, 0.25) is 0 Å². The SMILES string of the molecule is C.COc1ccc(CO)cc1OC. The zero-order valence-corrected chi connectivity index (χ0v) is 7.20. The van der Waals surface area contributed by atoms with Crippen molar-refractivity contribution in [2.24, 2.45) is 0 Å². The average Bonchev–Trinajstić information content (AvgIpc) is 2.16. The van der Waals surface area contributed by atoms with Gasteiger partial charge in [-0.05, 0) is 17.7 Å². The molecule has 0 aliphatic rings. The minimum Gasteiger partial charge on any atom is -0.493 e. The summed E-state index contributed by atoms with van der Waals surface area (Å²) in [6, 6.07) is 5.31. The predicted molar refractivity (Wildman–Crippen MR) is 52.2 cm³/mol. The lowest BCUT2D eigenvalue weighted by molar-refractivity contribution is 0.280. The van der Waals surface area contributed by atoms with Crippen molar-refractivity contribution < 1.29 is 14.6 Å². The second-order valence-corrected chi connectivity index (χ2v) is 2.35. The van der Waals surface area contributed by atoms with Gasteiger partial charge in [0.2, 0.25) is 0 Å². The number of aliphatic hydroxyl groups excluding tert-OH is 1. The molecular weight excluding hydrogens is 168 g/mol. The van der Waals surface area contributed by atoms with E-state index in [-0.39, 0.29) is 14.0 Å². The molecular formula is C10H16O3. The molecule has 0 spiro atoms. The number of methoxy groups -OCH3 is 2. The maximum atomic E-state index is 8.82. The summed E-state index contributed by atoms with van der Waals surface area (Å²) < 4.78 is 10.1. The number of hydrogen-bond acceptors (Lipinski definition) is 3. The van der Waals surface area contributed by atoms with E-state index in [0.29, 0.717) is 11.5 Å². The maximum absolute atomic E-state index is 8.82. The van der Waals surface area contributed by atoms with Crippen LogP contribution in [0.5, 0.6) is 11.5 Å². The van der Waals surface area contributed by atoms with Crippen LogP contribution in [0.1, 0.15) is 13.0 Å². The smallest absolute Gasteiger partial charge is 0.161 e. The fraction of sp³-hybridized carbons (Fsp3) is 0.400.